The number of fused-ring (bicyclic) bond motifs is 1. The summed E-state index contributed by atoms with van der Waals surface area (Å²) in [4.78, 5) is 13.2. The van der Waals surface area contributed by atoms with E-state index in [-0.39, 0.29) is 5.91 Å². The molecule has 2 heterocycles. The summed E-state index contributed by atoms with van der Waals surface area (Å²) in [6.07, 6.45) is 4.16. The van der Waals surface area contributed by atoms with Crippen molar-refractivity contribution in [2.75, 3.05) is 11.9 Å². The molecule has 3 aromatic rings. The highest BCUT2D eigenvalue weighted by atomic mass is 79.9. The van der Waals surface area contributed by atoms with Gasteiger partial charge in [-0.2, -0.15) is 0 Å². The lowest BCUT2D eigenvalue weighted by Crippen LogP contribution is -2.23. The van der Waals surface area contributed by atoms with E-state index in [1.807, 2.05) is 25.3 Å². The van der Waals surface area contributed by atoms with Crippen molar-refractivity contribution in [3.05, 3.63) is 58.8 Å². The minimum atomic E-state index is 0.0373. The number of aryl methyl sites for hydroxylation is 1. The molecule has 0 bridgehead atoms. The Morgan fingerprint density at radius 2 is 1.86 bits per heavy atom. The summed E-state index contributed by atoms with van der Waals surface area (Å²) in [5.74, 6) is 0.0373. The van der Waals surface area contributed by atoms with Crippen molar-refractivity contribution in [3.63, 3.8) is 0 Å². The van der Waals surface area contributed by atoms with Gasteiger partial charge >= 0.3 is 0 Å². The first-order valence-corrected chi connectivity index (χ1v) is 7.87. The van der Waals surface area contributed by atoms with Crippen LogP contribution in [0.1, 0.15) is 12.5 Å². The van der Waals surface area contributed by atoms with Crippen molar-refractivity contribution < 1.29 is 4.79 Å². The first-order chi connectivity index (χ1) is 10.5. The van der Waals surface area contributed by atoms with Crippen LogP contribution in [0.2, 0.25) is 0 Å². The Labute approximate surface area is 138 Å². The van der Waals surface area contributed by atoms with E-state index in [2.05, 4.69) is 50.8 Å². The van der Waals surface area contributed by atoms with Crippen molar-refractivity contribution in [3.8, 4) is 11.1 Å². The molecule has 1 aromatic carbocycles. The van der Waals surface area contributed by atoms with Gasteiger partial charge in [0.15, 0.2) is 0 Å². The molecular weight excluding hydrogens is 340 g/mol. The number of hydrogen-bond donors (Lipinski definition) is 0. The fraction of sp³-hybridized carbons (Fsp3) is 0.167. The molecule has 0 fully saturated rings. The molecule has 0 radical (unpaired) electrons. The number of benzene rings is 1. The van der Waals surface area contributed by atoms with Crippen LogP contribution in [0.5, 0.6) is 0 Å². The Hall–Kier alpha value is -2.07. The Kier molecular flexibility index (Phi) is 3.79. The zero-order valence-electron chi connectivity index (χ0n) is 12.8. The number of anilines is 1. The number of amides is 1. The zero-order valence-corrected chi connectivity index (χ0v) is 14.4. The fourth-order valence-corrected chi connectivity index (χ4v) is 2.97. The summed E-state index contributed by atoms with van der Waals surface area (Å²) < 4.78 is 3.15. The van der Waals surface area contributed by atoms with Gasteiger partial charge < -0.3 is 9.30 Å². The number of hydrogen-bond acceptors (Lipinski definition) is 1. The largest absolute Gasteiger partial charge is 0.322 e. The topological polar surface area (TPSA) is 24.7 Å². The lowest BCUT2D eigenvalue weighted by atomic mass is 10.0. The number of pyridine rings is 1. The smallest absolute Gasteiger partial charge is 0.223 e. The molecular formula is C18H17BrN2O. The number of carbonyl (C=O) groups excluding carboxylic acids is 1. The van der Waals surface area contributed by atoms with Crippen LogP contribution in [0.4, 0.5) is 5.69 Å². The maximum absolute atomic E-state index is 11.5. The standard InChI is InChI=1S/C18H17BrN2O/c1-12-8-14(4-7-18(12)20(3)13(2)22)15-9-17-6-5-16(19)11-21(17)10-15/h4-11H,1-3H3. The van der Waals surface area contributed by atoms with Gasteiger partial charge in [0.1, 0.15) is 0 Å². The Bertz CT molecular complexity index is 867. The third-order valence-electron chi connectivity index (χ3n) is 3.92. The summed E-state index contributed by atoms with van der Waals surface area (Å²) in [7, 11) is 1.80. The molecule has 112 valence electrons. The van der Waals surface area contributed by atoms with E-state index < -0.39 is 0 Å². The molecule has 0 spiro atoms. The van der Waals surface area contributed by atoms with Crippen LogP contribution >= 0.6 is 15.9 Å². The third-order valence-corrected chi connectivity index (χ3v) is 4.39. The Balaban J connectivity index is 2.04. The average Bonchev–Trinajstić information content (AvgIpc) is 2.89. The van der Waals surface area contributed by atoms with E-state index in [4.69, 9.17) is 0 Å². The van der Waals surface area contributed by atoms with Gasteiger partial charge in [-0.3, -0.25) is 4.79 Å². The fourth-order valence-electron chi connectivity index (χ4n) is 2.62. The molecule has 4 heteroatoms. The number of aromatic nitrogens is 1. The predicted molar refractivity (Wildman–Crippen MR) is 94.4 cm³/mol. The second kappa shape index (κ2) is 5.61. The van der Waals surface area contributed by atoms with E-state index in [1.165, 1.54) is 5.56 Å². The maximum Gasteiger partial charge on any atom is 0.223 e. The van der Waals surface area contributed by atoms with Gasteiger partial charge in [-0.1, -0.05) is 6.07 Å². The number of halogens is 1. The second-order valence-electron chi connectivity index (χ2n) is 5.49. The van der Waals surface area contributed by atoms with Gasteiger partial charge in [-0.25, -0.2) is 0 Å². The van der Waals surface area contributed by atoms with Crippen LogP contribution in [0.3, 0.4) is 0 Å². The SMILES string of the molecule is CC(=O)N(C)c1ccc(-c2cc3ccc(Br)cn3c2)cc1C. The summed E-state index contributed by atoms with van der Waals surface area (Å²) >= 11 is 3.49. The van der Waals surface area contributed by atoms with Gasteiger partial charge in [0.25, 0.3) is 0 Å². The molecule has 1 amide bonds. The maximum atomic E-state index is 11.5. The van der Waals surface area contributed by atoms with Crippen molar-refractivity contribution >= 4 is 33.0 Å². The molecule has 2 aromatic heterocycles. The van der Waals surface area contributed by atoms with Gasteiger partial charge in [0.05, 0.1) is 0 Å². The molecule has 0 aliphatic carbocycles. The zero-order chi connectivity index (χ0) is 15.9. The summed E-state index contributed by atoms with van der Waals surface area (Å²) in [6.45, 7) is 3.61. The number of rotatable bonds is 2. The highest BCUT2D eigenvalue weighted by Crippen LogP contribution is 2.28. The minimum Gasteiger partial charge on any atom is -0.322 e. The lowest BCUT2D eigenvalue weighted by Gasteiger charge is -2.18. The molecule has 0 unspecified atom stereocenters. The summed E-state index contributed by atoms with van der Waals surface area (Å²) in [5, 5.41) is 0. The normalized spacial score (nSPS) is 10.9. The Morgan fingerprint density at radius 1 is 1.09 bits per heavy atom. The van der Waals surface area contributed by atoms with Gasteiger partial charge in [0.2, 0.25) is 5.91 Å². The number of nitrogens with zero attached hydrogens (tertiary/aromatic N) is 2. The first-order valence-electron chi connectivity index (χ1n) is 7.08. The molecule has 0 aliphatic heterocycles. The van der Waals surface area contributed by atoms with E-state index in [0.717, 1.165) is 26.8 Å². The highest BCUT2D eigenvalue weighted by Gasteiger charge is 2.10. The second-order valence-corrected chi connectivity index (χ2v) is 6.40. The van der Waals surface area contributed by atoms with Crippen molar-refractivity contribution in [1.82, 2.24) is 4.40 Å². The van der Waals surface area contributed by atoms with Gasteiger partial charge in [0, 0.05) is 47.6 Å². The third kappa shape index (κ3) is 2.66. The van der Waals surface area contributed by atoms with Crippen LogP contribution in [0, 0.1) is 6.92 Å². The van der Waals surface area contributed by atoms with Crippen LogP contribution in [-0.4, -0.2) is 17.4 Å². The summed E-state index contributed by atoms with van der Waals surface area (Å²) in [5.41, 5.74) is 5.51. The van der Waals surface area contributed by atoms with Crippen molar-refractivity contribution in [1.29, 1.82) is 0 Å². The lowest BCUT2D eigenvalue weighted by molar-refractivity contribution is -0.116. The minimum absolute atomic E-state index is 0.0373. The van der Waals surface area contributed by atoms with E-state index >= 15 is 0 Å². The molecule has 0 saturated heterocycles. The van der Waals surface area contributed by atoms with Crippen LogP contribution < -0.4 is 4.90 Å². The quantitative estimate of drug-likeness (QED) is 0.655. The van der Waals surface area contributed by atoms with Gasteiger partial charge in [-0.05, 0) is 64.3 Å². The molecule has 0 saturated carbocycles. The predicted octanol–water partition coefficient (Wildman–Crippen LogP) is 4.66. The molecule has 3 rings (SSSR count). The monoisotopic (exact) mass is 356 g/mol. The summed E-state index contributed by atoms with van der Waals surface area (Å²) in [6, 6.07) is 12.5. The average molecular weight is 357 g/mol. The van der Waals surface area contributed by atoms with Crippen molar-refractivity contribution in [2.45, 2.75) is 13.8 Å². The van der Waals surface area contributed by atoms with Gasteiger partial charge in [-0.15, -0.1) is 0 Å². The van der Waals surface area contributed by atoms with Crippen molar-refractivity contribution in [2.24, 2.45) is 0 Å². The molecule has 0 atom stereocenters. The van der Waals surface area contributed by atoms with E-state index in [1.54, 1.807) is 18.9 Å². The van der Waals surface area contributed by atoms with Crippen LogP contribution in [-0.2, 0) is 4.79 Å². The van der Waals surface area contributed by atoms with Crippen LogP contribution in [0.25, 0.3) is 16.6 Å². The number of carbonyl (C=O) groups is 1. The van der Waals surface area contributed by atoms with E-state index in [9.17, 15) is 4.79 Å². The van der Waals surface area contributed by atoms with Crippen LogP contribution in [0.15, 0.2) is 53.3 Å². The molecule has 3 nitrogen and oxygen atoms in total. The molecule has 0 N–H and O–H groups in total. The Morgan fingerprint density at radius 3 is 2.55 bits per heavy atom. The first kappa shape index (κ1) is 14.9. The van der Waals surface area contributed by atoms with E-state index in [0.29, 0.717) is 0 Å². The highest BCUT2D eigenvalue weighted by molar-refractivity contribution is 9.10. The molecule has 0 aliphatic rings. The molecule has 22 heavy (non-hydrogen) atoms.